The molecule has 0 spiro atoms. The molecule has 5 rings (SSSR count). The summed E-state index contributed by atoms with van der Waals surface area (Å²) in [6.45, 7) is 1.44. The van der Waals surface area contributed by atoms with Crippen LogP contribution in [-0.2, 0) is 4.79 Å². The van der Waals surface area contributed by atoms with Crippen LogP contribution in [0.15, 0.2) is 24.3 Å². The van der Waals surface area contributed by atoms with E-state index < -0.39 is 0 Å². The molecule has 4 aliphatic rings. The minimum atomic E-state index is -0.314. The number of rotatable bonds is 3. The smallest absolute Gasteiger partial charge is 0.253 e. The second-order valence-corrected chi connectivity index (χ2v) is 10.0. The molecule has 162 valence electrons. The van der Waals surface area contributed by atoms with E-state index in [1.54, 1.807) is 12.1 Å². The molecule has 0 aromatic heterocycles. The third-order valence-electron chi connectivity index (χ3n) is 8.17. The lowest BCUT2D eigenvalue weighted by Gasteiger charge is -2.57. The van der Waals surface area contributed by atoms with Crippen molar-refractivity contribution in [3.8, 4) is 0 Å². The second kappa shape index (κ2) is 8.32. The van der Waals surface area contributed by atoms with Gasteiger partial charge in [0.05, 0.1) is 0 Å². The largest absolute Gasteiger partial charge is 0.338 e. The van der Waals surface area contributed by atoms with Gasteiger partial charge in [-0.3, -0.25) is 9.59 Å². The molecule has 3 heterocycles. The summed E-state index contributed by atoms with van der Waals surface area (Å²) in [7, 11) is 0. The van der Waals surface area contributed by atoms with Gasteiger partial charge in [0.15, 0.2) is 0 Å². The summed E-state index contributed by atoms with van der Waals surface area (Å²) >= 11 is 0. The van der Waals surface area contributed by atoms with Crippen molar-refractivity contribution in [3.63, 3.8) is 0 Å². The van der Waals surface area contributed by atoms with Crippen LogP contribution in [-0.4, -0.2) is 46.8 Å². The molecule has 30 heavy (non-hydrogen) atoms. The lowest BCUT2D eigenvalue weighted by atomic mass is 9.69. The fraction of sp³-hybridized carbons (Fsp3) is 0.680. The Hall–Kier alpha value is -1.91. The molecular formula is C25H33FN2O2. The van der Waals surface area contributed by atoms with Crippen molar-refractivity contribution in [1.82, 2.24) is 9.80 Å². The summed E-state index contributed by atoms with van der Waals surface area (Å²) in [6, 6.07) is 6.50. The quantitative estimate of drug-likeness (QED) is 0.726. The lowest BCUT2D eigenvalue weighted by molar-refractivity contribution is -0.153. The van der Waals surface area contributed by atoms with Crippen LogP contribution in [0.3, 0.4) is 0 Å². The number of carbonyl (C=O) groups is 2. The second-order valence-electron chi connectivity index (χ2n) is 10.0. The number of fused-ring (bicyclic) bond motifs is 4. The van der Waals surface area contributed by atoms with Crippen molar-refractivity contribution in [2.24, 2.45) is 17.8 Å². The van der Waals surface area contributed by atoms with Crippen LogP contribution in [0.4, 0.5) is 4.39 Å². The fourth-order valence-electron chi connectivity index (χ4n) is 6.78. The van der Waals surface area contributed by atoms with Crippen LogP contribution >= 0.6 is 0 Å². The maximum absolute atomic E-state index is 13.3. The number of carbonyl (C=O) groups excluding carboxylic acids is 2. The predicted molar refractivity (Wildman–Crippen MR) is 113 cm³/mol. The number of halogens is 1. The first kappa shape index (κ1) is 20.0. The van der Waals surface area contributed by atoms with Gasteiger partial charge in [0, 0.05) is 37.2 Å². The Morgan fingerprint density at radius 3 is 2.47 bits per heavy atom. The predicted octanol–water partition coefficient (Wildman–Crippen LogP) is 4.64. The number of hydrogen-bond acceptors (Lipinski definition) is 2. The van der Waals surface area contributed by atoms with Gasteiger partial charge in [0.2, 0.25) is 5.91 Å². The van der Waals surface area contributed by atoms with Crippen molar-refractivity contribution >= 4 is 11.8 Å². The third kappa shape index (κ3) is 3.76. The van der Waals surface area contributed by atoms with E-state index in [1.165, 1.54) is 44.2 Å². The third-order valence-corrected chi connectivity index (χ3v) is 8.17. The molecule has 2 bridgehead atoms. The van der Waals surface area contributed by atoms with Crippen molar-refractivity contribution in [1.29, 1.82) is 0 Å². The normalized spacial score (nSPS) is 32.1. The minimum Gasteiger partial charge on any atom is -0.338 e. The Labute approximate surface area is 178 Å². The average molecular weight is 413 g/mol. The monoisotopic (exact) mass is 412 g/mol. The topological polar surface area (TPSA) is 40.6 Å². The van der Waals surface area contributed by atoms with E-state index in [4.69, 9.17) is 0 Å². The first-order chi connectivity index (χ1) is 14.6. The maximum atomic E-state index is 13.3. The van der Waals surface area contributed by atoms with Crippen LogP contribution in [0, 0.1) is 23.6 Å². The zero-order valence-corrected chi connectivity index (χ0v) is 17.8. The van der Waals surface area contributed by atoms with E-state index in [0.717, 1.165) is 44.7 Å². The Kier molecular flexibility index (Phi) is 5.55. The molecule has 3 aliphatic heterocycles. The molecule has 1 aromatic rings. The lowest BCUT2D eigenvalue weighted by Crippen LogP contribution is -2.65. The molecule has 2 amide bonds. The SMILES string of the molecule is O=C(c1ccc(F)cc1)N1C[C@H]2C[C@@H](C1)[C@H](CC1CCCCC1)N1C(=O)CCC[C@@H]21. The molecule has 1 saturated carbocycles. The standard InChI is InChI=1S/C25H33FN2O2/c26-21-11-9-18(10-12-21)25(30)27-15-19-14-20(16-27)23(13-17-5-2-1-3-6-17)28-22(19)7-4-8-24(28)29/h9-12,17,19-20,22-23H,1-8,13-16H2/t19-,20+,22+,23+/m1/s1. The van der Waals surface area contributed by atoms with Crippen LogP contribution in [0.5, 0.6) is 0 Å². The molecule has 4 nitrogen and oxygen atoms in total. The number of hydrogen-bond donors (Lipinski definition) is 0. The highest BCUT2D eigenvalue weighted by molar-refractivity contribution is 5.94. The van der Waals surface area contributed by atoms with Crippen molar-refractivity contribution in [3.05, 3.63) is 35.6 Å². The van der Waals surface area contributed by atoms with Crippen molar-refractivity contribution in [2.75, 3.05) is 13.1 Å². The van der Waals surface area contributed by atoms with Crippen LogP contribution < -0.4 is 0 Å². The summed E-state index contributed by atoms with van der Waals surface area (Å²) in [5.74, 6) is 1.51. The highest BCUT2D eigenvalue weighted by atomic mass is 19.1. The average Bonchev–Trinajstić information content (AvgIpc) is 2.77. The Morgan fingerprint density at radius 2 is 1.70 bits per heavy atom. The molecule has 5 heteroatoms. The van der Waals surface area contributed by atoms with Gasteiger partial charge in [0.25, 0.3) is 5.91 Å². The van der Waals surface area contributed by atoms with Crippen LogP contribution in [0.1, 0.15) is 74.6 Å². The zero-order chi connectivity index (χ0) is 20.7. The summed E-state index contributed by atoms with van der Waals surface area (Å²) in [5.41, 5.74) is 0.566. The van der Waals surface area contributed by atoms with Gasteiger partial charge >= 0.3 is 0 Å². The highest BCUT2D eigenvalue weighted by Crippen LogP contribution is 2.44. The molecule has 1 aromatic carbocycles. The van der Waals surface area contributed by atoms with Gasteiger partial charge in [-0.05, 0) is 67.7 Å². The van der Waals surface area contributed by atoms with Gasteiger partial charge in [-0.1, -0.05) is 32.1 Å². The summed E-state index contributed by atoms with van der Waals surface area (Å²) in [5, 5.41) is 0. The molecule has 4 atom stereocenters. The Balaban J connectivity index is 1.39. The van der Waals surface area contributed by atoms with Crippen molar-refractivity contribution < 1.29 is 14.0 Å². The number of amides is 2. The molecule has 4 fully saturated rings. The van der Waals surface area contributed by atoms with Crippen LogP contribution in [0.2, 0.25) is 0 Å². The molecule has 0 unspecified atom stereocenters. The molecule has 0 radical (unpaired) electrons. The van der Waals surface area contributed by atoms with E-state index in [-0.39, 0.29) is 17.8 Å². The molecular weight excluding hydrogens is 379 g/mol. The number of benzene rings is 1. The Bertz CT molecular complexity index is 789. The fourth-order valence-corrected chi connectivity index (χ4v) is 6.78. The number of nitrogens with zero attached hydrogens (tertiary/aromatic N) is 2. The van der Waals surface area contributed by atoms with E-state index in [9.17, 15) is 14.0 Å². The summed E-state index contributed by atoms with van der Waals surface area (Å²) in [4.78, 5) is 30.5. The summed E-state index contributed by atoms with van der Waals surface area (Å²) < 4.78 is 13.3. The molecule has 1 aliphatic carbocycles. The number of piperidine rings is 3. The van der Waals surface area contributed by atoms with E-state index in [0.29, 0.717) is 35.8 Å². The molecule has 0 N–H and O–H groups in total. The van der Waals surface area contributed by atoms with E-state index in [1.807, 2.05) is 4.90 Å². The minimum absolute atomic E-state index is 0.0108. The van der Waals surface area contributed by atoms with Crippen LogP contribution in [0.25, 0.3) is 0 Å². The molecule has 3 saturated heterocycles. The van der Waals surface area contributed by atoms with Gasteiger partial charge in [-0.2, -0.15) is 0 Å². The van der Waals surface area contributed by atoms with Gasteiger partial charge < -0.3 is 9.80 Å². The van der Waals surface area contributed by atoms with Gasteiger partial charge in [-0.25, -0.2) is 4.39 Å². The van der Waals surface area contributed by atoms with Gasteiger partial charge in [0.1, 0.15) is 5.82 Å². The van der Waals surface area contributed by atoms with E-state index in [2.05, 4.69) is 4.90 Å². The first-order valence-corrected chi connectivity index (χ1v) is 12.0. The Morgan fingerprint density at radius 1 is 0.967 bits per heavy atom. The van der Waals surface area contributed by atoms with Gasteiger partial charge in [-0.15, -0.1) is 0 Å². The van der Waals surface area contributed by atoms with E-state index >= 15 is 0 Å². The first-order valence-electron chi connectivity index (χ1n) is 12.0. The summed E-state index contributed by atoms with van der Waals surface area (Å²) in [6.07, 6.45) is 11.5. The zero-order valence-electron chi connectivity index (χ0n) is 17.8. The van der Waals surface area contributed by atoms with Crippen molar-refractivity contribution in [2.45, 2.75) is 76.3 Å². The maximum Gasteiger partial charge on any atom is 0.253 e. The highest BCUT2D eigenvalue weighted by Gasteiger charge is 2.50. The number of likely N-dealkylation sites (tertiary alicyclic amines) is 1.